The van der Waals surface area contributed by atoms with Crippen molar-refractivity contribution in [1.82, 2.24) is 9.78 Å². The van der Waals surface area contributed by atoms with Gasteiger partial charge >= 0.3 is 0 Å². The van der Waals surface area contributed by atoms with Crippen molar-refractivity contribution in [1.29, 1.82) is 0 Å². The lowest BCUT2D eigenvalue weighted by Gasteiger charge is -2.02. The van der Waals surface area contributed by atoms with Crippen LogP contribution in [0, 0.1) is 6.92 Å². The Morgan fingerprint density at radius 2 is 2.20 bits per heavy atom. The average Bonchev–Trinajstić information content (AvgIpc) is 2.57. The fourth-order valence-corrected chi connectivity index (χ4v) is 2.11. The van der Waals surface area contributed by atoms with Gasteiger partial charge in [-0.05, 0) is 38.4 Å². The zero-order valence-corrected chi connectivity index (χ0v) is 9.33. The van der Waals surface area contributed by atoms with Gasteiger partial charge in [0.2, 0.25) is 0 Å². The molecule has 15 heavy (non-hydrogen) atoms. The van der Waals surface area contributed by atoms with Crippen molar-refractivity contribution in [3.05, 3.63) is 29.5 Å². The predicted octanol–water partition coefficient (Wildman–Crippen LogP) is 1.87. The van der Waals surface area contributed by atoms with Crippen LogP contribution in [0.4, 0.5) is 0 Å². The Bertz CT molecular complexity index is 471. The first-order valence-corrected chi connectivity index (χ1v) is 5.43. The number of nitrogens with zero attached hydrogens (tertiary/aromatic N) is 2. The summed E-state index contributed by atoms with van der Waals surface area (Å²) in [6.45, 7) is 5.78. The third kappa shape index (κ3) is 1.63. The lowest BCUT2D eigenvalue weighted by atomic mass is 10.1. The highest BCUT2D eigenvalue weighted by Gasteiger charge is 2.09. The number of nitrogens with two attached hydrogens (primary N) is 1. The summed E-state index contributed by atoms with van der Waals surface area (Å²) < 4.78 is 2.05. The highest BCUT2D eigenvalue weighted by Crippen LogP contribution is 2.22. The van der Waals surface area contributed by atoms with Crippen molar-refractivity contribution in [3.8, 4) is 0 Å². The second-order valence-corrected chi connectivity index (χ2v) is 3.75. The van der Waals surface area contributed by atoms with Crippen LogP contribution in [-0.4, -0.2) is 16.3 Å². The molecule has 0 aliphatic heterocycles. The summed E-state index contributed by atoms with van der Waals surface area (Å²) in [4.78, 5) is 0. The molecular formula is C12H17N3. The summed E-state index contributed by atoms with van der Waals surface area (Å²) in [5.74, 6) is 0. The van der Waals surface area contributed by atoms with Crippen LogP contribution < -0.4 is 5.73 Å². The maximum Gasteiger partial charge on any atom is 0.0687 e. The summed E-state index contributed by atoms with van der Waals surface area (Å²) >= 11 is 0. The molecule has 2 rings (SSSR count). The van der Waals surface area contributed by atoms with Crippen LogP contribution in [0.1, 0.15) is 18.2 Å². The monoisotopic (exact) mass is 203 g/mol. The molecule has 1 aromatic carbocycles. The molecule has 0 spiro atoms. The number of fused-ring (bicyclic) bond motifs is 1. The van der Waals surface area contributed by atoms with Crippen molar-refractivity contribution >= 4 is 10.9 Å². The highest BCUT2D eigenvalue weighted by molar-refractivity contribution is 5.85. The van der Waals surface area contributed by atoms with E-state index in [1.54, 1.807) is 0 Å². The molecule has 0 bridgehead atoms. The fourth-order valence-electron chi connectivity index (χ4n) is 2.11. The fraction of sp³-hybridized carbons (Fsp3) is 0.417. The minimum Gasteiger partial charge on any atom is -0.330 e. The van der Waals surface area contributed by atoms with Crippen molar-refractivity contribution in [2.75, 3.05) is 6.54 Å². The molecule has 2 N–H and O–H groups in total. The molecule has 0 unspecified atom stereocenters. The van der Waals surface area contributed by atoms with E-state index in [4.69, 9.17) is 5.73 Å². The number of aryl methyl sites for hydroxylation is 2. The van der Waals surface area contributed by atoms with E-state index in [-0.39, 0.29) is 0 Å². The van der Waals surface area contributed by atoms with Gasteiger partial charge in [0.1, 0.15) is 0 Å². The van der Waals surface area contributed by atoms with E-state index < -0.39 is 0 Å². The van der Waals surface area contributed by atoms with E-state index in [0.29, 0.717) is 6.54 Å². The normalized spacial score (nSPS) is 11.1. The third-order valence-electron chi connectivity index (χ3n) is 2.75. The van der Waals surface area contributed by atoms with Gasteiger partial charge in [0.05, 0.1) is 11.2 Å². The third-order valence-corrected chi connectivity index (χ3v) is 2.75. The molecule has 1 heterocycles. The lowest BCUT2D eigenvalue weighted by molar-refractivity contribution is 0.676. The number of hydrogen-bond acceptors (Lipinski definition) is 2. The highest BCUT2D eigenvalue weighted by atomic mass is 15.3. The van der Waals surface area contributed by atoms with Gasteiger partial charge in [-0.3, -0.25) is 4.68 Å². The first-order valence-electron chi connectivity index (χ1n) is 5.43. The summed E-state index contributed by atoms with van der Waals surface area (Å²) in [7, 11) is 0. The quantitative estimate of drug-likeness (QED) is 0.827. The van der Waals surface area contributed by atoms with Crippen LogP contribution in [0.5, 0.6) is 0 Å². The minimum atomic E-state index is 0.690. The van der Waals surface area contributed by atoms with E-state index in [9.17, 15) is 0 Å². The Kier molecular flexibility index (Phi) is 2.73. The van der Waals surface area contributed by atoms with E-state index >= 15 is 0 Å². The topological polar surface area (TPSA) is 43.8 Å². The molecule has 0 aliphatic carbocycles. The van der Waals surface area contributed by atoms with Gasteiger partial charge in [0, 0.05) is 11.9 Å². The van der Waals surface area contributed by atoms with Gasteiger partial charge in [-0.2, -0.15) is 5.10 Å². The van der Waals surface area contributed by atoms with Gasteiger partial charge in [-0.15, -0.1) is 0 Å². The molecule has 0 fully saturated rings. The SMILES string of the molecule is CCn1nc(C)c2c(CCN)cccc21. The van der Waals surface area contributed by atoms with Crippen LogP contribution in [0.25, 0.3) is 10.9 Å². The number of benzene rings is 1. The summed E-state index contributed by atoms with van der Waals surface area (Å²) in [6.07, 6.45) is 0.924. The second-order valence-electron chi connectivity index (χ2n) is 3.75. The molecular weight excluding hydrogens is 186 g/mol. The summed E-state index contributed by atoms with van der Waals surface area (Å²) in [5.41, 5.74) is 9.26. The second kappa shape index (κ2) is 4.03. The minimum absolute atomic E-state index is 0.690. The van der Waals surface area contributed by atoms with E-state index in [1.807, 2.05) is 4.68 Å². The van der Waals surface area contributed by atoms with Crippen LogP contribution in [0.3, 0.4) is 0 Å². The standard InChI is InChI=1S/C12H17N3/c1-3-15-11-6-4-5-10(7-8-13)12(11)9(2)14-15/h4-6H,3,7-8,13H2,1-2H3. The molecule has 0 aliphatic rings. The Balaban J connectivity index is 2.68. The van der Waals surface area contributed by atoms with Crippen molar-refractivity contribution < 1.29 is 0 Å². The van der Waals surface area contributed by atoms with Crippen LogP contribution in [-0.2, 0) is 13.0 Å². The van der Waals surface area contributed by atoms with Crippen LogP contribution in [0.15, 0.2) is 18.2 Å². The number of hydrogen-bond donors (Lipinski definition) is 1. The van der Waals surface area contributed by atoms with Gasteiger partial charge in [0.25, 0.3) is 0 Å². The van der Waals surface area contributed by atoms with E-state index in [1.165, 1.54) is 16.5 Å². The predicted molar refractivity (Wildman–Crippen MR) is 62.9 cm³/mol. The van der Waals surface area contributed by atoms with E-state index in [0.717, 1.165) is 18.7 Å². The maximum absolute atomic E-state index is 5.61. The smallest absolute Gasteiger partial charge is 0.0687 e. The van der Waals surface area contributed by atoms with Crippen molar-refractivity contribution in [2.24, 2.45) is 5.73 Å². The Hall–Kier alpha value is -1.35. The molecule has 0 radical (unpaired) electrons. The Labute approximate surface area is 89.9 Å². The summed E-state index contributed by atoms with van der Waals surface area (Å²) in [6, 6.07) is 6.35. The molecule has 3 nitrogen and oxygen atoms in total. The molecule has 0 atom stereocenters. The molecule has 0 saturated heterocycles. The van der Waals surface area contributed by atoms with Crippen molar-refractivity contribution in [3.63, 3.8) is 0 Å². The molecule has 2 aromatic rings. The van der Waals surface area contributed by atoms with E-state index in [2.05, 4.69) is 37.1 Å². The Morgan fingerprint density at radius 1 is 1.40 bits per heavy atom. The Morgan fingerprint density at radius 3 is 2.87 bits per heavy atom. The average molecular weight is 203 g/mol. The van der Waals surface area contributed by atoms with Gasteiger partial charge in [-0.1, -0.05) is 12.1 Å². The van der Waals surface area contributed by atoms with Gasteiger partial charge in [0.15, 0.2) is 0 Å². The number of rotatable bonds is 3. The molecule has 3 heteroatoms. The van der Waals surface area contributed by atoms with Crippen molar-refractivity contribution in [2.45, 2.75) is 26.8 Å². The first kappa shape index (κ1) is 10.2. The summed E-state index contributed by atoms with van der Waals surface area (Å²) in [5, 5.41) is 5.81. The van der Waals surface area contributed by atoms with Gasteiger partial charge in [-0.25, -0.2) is 0 Å². The number of aromatic nitrogens is 2. The molecule has 1 aromatic heterocycles. The lowest BCUT2D eigenvalue weighted by Crippen LogP contribution is -2.03. The zero-order chi connectivity index (χ0) is 10.8. The molecule has 80 valence electrons. The largest absolute Gasteiger partial charge is 0.330 e. The van der Waals surface area contributed by atoms with Gasteiger partial charge < -0.3 is 5.73 Å². The van der Waals surface area contributed by atoms with Crippen LogP contribution in [0.2, 0.25) is 0 Å². The van der Waals surface area contributed by atoms with Crippen LogP contribution >= 0.6 is 0 Å². The molecule has 0 saturated carbocycles. The maximum atomic E-state index is 5.61. The first-order chi connectivity index (χ1) is 7.27. The zero-order valence-electron chi connectivity index (χ0n) is 9.33. The molecule has 0 amide bonds.